The maximum atomic E-state index is 11.8. The van der Waals surface area contributed by atoms with E-state index in [1.165, 1.54) is 13.1 Å². The van der Waals surface area contributed by atoms with Crippen molar-refractivity contribution >= 4 is 10.1 Å². The van der Waals surface area contributed by atoms with E-state index in [2.05, 4.69) is 4.98 Å². The zero-order chi connectivity index (χ0) is 15.8. The Morgan fingerprint density at radius 3 is 2.76 bits per heavy atom. The first-order valence-corrected chi connectivity index (χ1v) is 7.99. The Morgan fingerprint density at radius 2 is 2.19 bits per heavy atom. The Hall–Kier alpha value is -1.49. The third-order valence-electron chi connectivity index (χ3n) is 3.11. The molecule has 3 atom stereocenters. The van der Waals surface area contributed by atoms with Crippen LogP contribution in [0.3, 0.4) is 0 Å². The monoisotopic (exact) mass is 320 g/mol. The number of hydrogen-bond acceptors (Lipinski definition) is 7. The topological polar surface area (TPSA) is 128 Å². The fourth-order valence-corrected chi connectivity index (χ4v) is 2.81. The minimum atomic E-state index is -3.72. The third-order valence-corrected chi connectivity index (χ3v) is 3.71. The van der Waals surface area contributed by atoms with E-state index in [4.69, 9.17) is 8.92 Å². The van der Waals surface area contributed by atoms with Crippen LogP contribution in [0.1, 0.15) is 18.2 Å². The molecule has 0 unspecified atom stereocenters. The van der Waals surface area contributed by atoms with Gasteiger partial charge in [0.05, 0.1) is 12.9 Å². The fraction of sp³-hybridized carbons (Fsp3) is 0.636. The molecule has 0 spiro atoms. The van der Waals surface area contributed by atoms with Gasteiger partial charge in [-0.25, -0.2) is 4.79 Å². The first-order valence-electron chi connectivity index (χ1n) is 6.18. The number of aliphatic hydroxyl groups is 1. The van der Waals surface area contributed by atoms with Crippen LogP contribution in [0, 0.1) is 6.92 Å². The highest BCUT2D eigenvalue weighted by atomic mass is 32.2. The van der Waals surface area contributed by atoms with E-state index < -0.39 is 46.4 Å². The summed E-state index contributed by atoms with van der Waals surface area (Å²) < 4.78 is 33.8. The van der Waals surface area contributed by atoms with Gasteiger partial charge in [0, 0.05) is 18.2 Å². The second kappa shape index (κ2) is 5.72. The number of H-pyrrole nitrogens is 1. The molecule has 2 rings (SSSR count). The van der Waals surface area contributed by atoms with Crippen molar-refractivity contribution in [2.24, 2.45) is 0 Å². The smallest absolute Gasteiger partial charge is 0.330 e. The molecule has 2 N–H and O–H groups in total. The molecule has 0 bridgehead atoms. The van der Waals surface area contributed by atoms with E-state index in [1.807, 2.05) is 0 Å². The van der Waals surface area contributed by atoms with Crippen LogP contribution < -0.4 is 11.2 Å². The van der Waals surface area contributed by atoms with Gasteiger partial charge in [-0.3, -0.25) is 18.5 Å². The van der Waals surface area contributed by atoms with E-state index >= 15 is 0 Å². The largest absolute Gasteiger partial charge is 0.394 e. The normalized spacial score (nSPS) is 26.1. The highest BCUT2D eigenvalue weighted by molar-refractivity contribution is 7.86. The first kappa shape index (κ1) is 15.9. The van der Waals surface area contributed by atoms with Crippen molar-refractivity contribution in [3.63, 3.8) is 0 Å². The average molecular weight is 320 g/mol. The molecule has 1 fully saturated rings. The third kappa shape index (κ3) is 3.59. The van der Waals surface area contributed by atoms with Gasteiger partial charge in [0.1, 0.15) is 18.4 Å². The molecule has 0 aliphatic carbocycles. The lowest BCUT2D eigenvalue weighted by Crippen LogP contribution is -2.33. The Kier molecular flexibility index (Phi) is 4.33. The SMILES string of the molecule is Cc1cn([C@H]2C[C@H](OS(C)(=O)=O)[C@H](CO)O2)c(=O)[nH]c1=O. The van der Waals surface area contributed by atoms with E-state index in [0.29, 0.717) is 5.56 Å². The van der Waals surface area contributed by atoms with E-state index in [1.54, 1.807) is 0 Å². The second-order valence-electron chi connectivity index (χ2n) is 4.86. The van der Waals surface area contributed by atoms with Gasteiger partial charge in [0.15, 0.2) is 0 Å². The van der Waals surface area contributed by atoms with Gasteiger partial charge in [-0.2, -0.15) is 8.42 Å². The number of aromatic nitrogens is 2. The zero-order valence-electron chi connectivity index (χ0n) is 11.5. The van der Waals surface area contributed by atoms with Gasteiger partial charge in [0.25, 0.3) is 15.7 Å². The summed E-state index contributed by atoms with van der Waals surface area (Å²) in [5, 5.41) is 9.22. The van der Waals surface area contributed by atoms with Crippen molar-refractivity contribution in [1.29, 1.82) is 0 Å². The molecule has 0 saturated carbocycles. The van der Waals surface area contributed by atoms with Gasteiger partial charge in [-0.1, -0.05) is 0 Å². The molecule has 1 aromatic rings. The molecule has 1 saturated heterocycles. The molecule has 10 heteroatoms. The molecule has 1 aliphatic rings. The summed E-state index contributed by atoms with van der Waals surface area (Å²) >= 11 is 0. The number of ether oxygens (including phenoxy) is 1. The number of hydrogen-bond donors (Lipinski definition) is 2. The molecule has 1 aliphatic heterocycles. The lowest BCUT2D eigenvalue weighted by molar-refractivity contribution is -0.0413. The van der Waals surface area contributed by atoms with Crippen molar-refractivity contribution in [3.05, 3.63) is 32.6 Å². The van der Waals surface area contributed by atoms with Crippen molar-refractivity contribution in [2.75, 3.05) is 12.9 Å². The highest BCUT2D eigenvalue weighted by Crippen LogP contribution is 2.30. The first-order chi connectivity index (χ1) is 9.71. The van der Waals surface area contributed by atoms with Crippen LogP contribution in [-0.2, 0) is 19.0 Å². The van der Waals surface area contributed by atoms with E-state index in [9.17, 15) is 23.1 Å². The number of nitrogens with zero attached hydrogens (tertiary/aromatic N) is 1. The van der Waals surface area contributed by atoms with Crippen LogP contribution in [0.2, 0.25) is 0 Å². The van der Waals surface area contributed by atoms with Gasteiger partial charge < -0.3 is 9.84 Å². The molecule has 1 aromatic heterocycles. The molecule has 0 amide bonds. The second-order valence-corrected chi connectivity index (χ2v) is 6.47. The van der Waals surface area contributed by atoms with Gasteiger partial charge in [-0.05, 0) is 6.92 Å². The standard InChI is InChI=1S/C11H16N2O7S/c1-6-4-13(11(16)12-10(6)15)9-3-7(8(5-14)19-9)20-21(2,17)18/h4,7-9,14H,3,5H2,1-2H3,(H,12,15,16)/t7-,8-,9+/m0/s1. The predicted octanol–water partition coefficient (Wildman–Crippen LogP) is -1.53. The van der Waals surface area contributed by atoms with Gasteiger partial charge >= 0.3 is 5.69 Å². The summed E-state index contributed by atoms with van der Waals surface area (Å²) in [6.07, 6.45) is -0.312. The highest BCUT2D eigenvalue weighted by Gasteiger charge is 2.39. The Bertz CT molecular complexity index is 736. The zero-order valence-corrected chi connectivity index (χ0v) is 12.3. The summed E-state index contributed by atoms with van der Waals surface area (Å²) in [5.74, 6) is 0. The van der Waals surface area contributed by atoms with Crippen LogP contribution in [0.25, 0.3) is 0 Å². The quantitative estimate of drug-likeness (QED) is 0.644. The van der Waals surface area contributed by atoms with Crippen LogP contribution in [0.5, 0.6) is 0 Å². The molecule has 21 heavy (non-hydrogen) atoms. The molecular formula is C11H16N2O7S. The summed E-state index contributed by atoms with van der Waals surface area (Å²) in [4.78, 5) is 25.2. The van der Waals surface area contributed by atoms with E-state index in [-0.39, 0.29) is 6.42 Å². The van der Waals surface area contributed by atoms with Crippen molar-refractivity contribution in [1.82, 2.24) is 9.55 Å². The minimum Gasteiger partial charge on any atom is -0.394 e. The van der Waals surface area contributed by atoms with E-state index in [0.717, 1.165) is 10.8 Å². The summed E-state index contributed by atoms with van der Waals surface area (Å²) in [6, 6.07) is 0. The van der Waals surface area contributed by atoms with Crippen LogP contribution in [-0.4, -0.2) is 48.1 Å². The fourth-order valence-electron chi connectivity index (χ4n) is 2.16. The molecule has 118 valence electrons. The molecule has 0 radical (unpaired) electrons. The lowest BCUT2D eigenvalue weighted by Gasteiger charge is -2.15. The molecule has 2 heterocycles. The maximum absolute atomic E-state index is 11.8. The number of aliphatic hydroxyl groups excluding tert-OH is 1. The predicted molar refractivity (Wildman–Crippen MR) is 71.4 cm³/mol. The minimum absolute atomic E-state index is 0.0592. The Labute approximate surface area is 120 Å². The number of aromatic amines is 1. The maximum Gasteiger partial charge on any atom is 0.330 e. The van der Waals surface area contributed by atoms with Gasteiger partial charge in [0.2, 0.25) is 0 Å². The van der Waals surface area contributed by atoms with Crippen molar-refractivity contribution < 1.29 is 22.4 Å². The summed E-state index contributed by atoms with van der Waals surface area (Å²) in [5.41, 5.74) is -0.865. The Morgan fingerprint density at radius 1 is 1.52 bits per heavy atom. The van der Waals surface area contributed by atoms with Crippen molar-refractivity contribution in [3.8, 4) is 0 Å². The number of aryl methyl sites for hydroxylation is 1. The lowest BCUT2D eigenvalue weighted by atomic mass is 10.2. The number of nitrogens with one attached hydrogen (secondary N) is 1. The average Bonchev–Trinajstić information content (AvgIpc) is 2.74. The molecule has 9 nitrogen and oxygen atoms in total. The Balaban J connectivity index is 2.29. The van der Waals surface area contributed by atoms with Crippen molar-refractivity contribution in [2.45, 2.75) is 31.8 Å². The molecule has 0 aromatic carbocycles. The summed E-state index contributed by atoms with van der Waals surface area (Å²) in [6.45, 7) is 1.07. The van der Waals surface area contributed by atoms with Crippen LogP contribution in [0.15, 0.2) is 15.8 Å². The van der Waals surface area contributed by atoms with Gasteiger partial charge in [-0.15, -0.1) is 0 Å². The van der Waals surface area contributed by atoms with Crippen LogP contribution >= 0.6 is 0 Å². The molecular weight excluding hydrogens is 304 g/mol. The van der Waals surface area contributed by atoms with Crippen LogP contribution in [0.4, 0.5) is 0 Å². The number of rotatable bonds is 4. The summed E-state index contributed by atoms with van der Waals surface area (Å²) in [7, 11) is -3.72.